The van der Waals surface area contributed by atoms with Crippen LogP contribution >= 0.6 is 0 Å². The van der Waals surface area contributed by atoms with Gasteiger partial charge in [-0.05, 0) is 6.92 Å². The lowest BCUT2D eigenvalue weighted by Crippen LogP contribution is -2.14. The standard InChI is InChI=1S/C14H28O7/c1-3-21-14(15)4-5-17-8-9-19-12-13-20-11-10-18-7-6-16-2/h3-13H2,1-2H3. The SMILES string of the molecule is CCOC(=O)CCOCCOCCOCCOCCOC. The molecular weight excluding hydrogens is 280 g/mol. The number of hydrogen-bond donors (Lipinski definition) is 0. The highest BCUT2D eigenvalue weighted by Crippen LogP contribution is 1.88. The number of ether oxygens (including phenoxy) is 6. The molecule has 0 amide bonds. The Morgan fingerprint density at radius 2 is 1.14 bits per heavy atom. The second kappa shape index (κ2) is 17.3. The first-order chi connectivity index (χ1) is 10.3. The molecule has 0 saturated heterocycles. The van der Waals surface area contributed by atoms with E-state index in [0.717, 1.165) is 0 Å². The van der Waals surface area contributed by atoms with Gasteiger partial charge < -0.3 is 28.4 Å². The van der Waals surface area contributed by atoms with Crippen molar-refractivity contribution in [3.8, 4) is 0 Å². The van der Waals surface area contributed by atoms with E-state index in [1.165, 1.54) is 0 Å². The van der Waals surface area contributed by atoms with Crippen LogP contribution in [0.15, 0.2) is 0 Å². The van der Waals surface area contributed by atoms with Gasteiger partial charge in [-0.25, -0.2) is 0 Å². The summed E-state index contributed by atoms with van der Waals surface area (Å²) in [7, 11) is 1.64. The first-order valence-corrected chi connectivity index (χ1v) is 7.26. The Labute approximate surface area is 126 Å². The van der Waals surface area contributed by atoms with E-state index in [0.29, 0.717) is 66.1 Å². The molecule has 0 atom stereocenters. The Balaban J connectivity index is 3.01. The van der Waals surface area contributed by atoms with Crippen molar-refractivity contribution in [2.24, 2.45) is 0 Å². The highest BCUT2D eigenvalue weighted by Gasteiger charge is 2.00. The van der Waals surface area contributed by atoms with Crippen LogP contribution in [0.3, 0.4) is 0 Å². The maximum Gasteiger partial charge on any atom is 0.308 e. The minimum absolute atomic E-state index is 0.237. The topological polar surface area (TPSA) is 72.5 Å². The summed E-state index contributed by atoms with van der Waals surface area (Å²) in [6, 6.07) is 0. The van der Waals surface area contributed by atoms with Crippen LogP contribution in [0, 0.1) is 0 Å². The van der Waals surface area contributed by atoms with Gasteiger partial charge in [0, 0.05) is 7.11 Å². The molecule has 0 aromatic heterocycles. The van der Waals surface area contributed by atoms with Gasteiger partial charge in [0.25, 0.3) is 0 Å². The van der Waals surface area contributed by atoms with Crippen LogP contribution in [0.5, 0.6) is 0 Å². The first kappa shape index (κ1) is 20.3. The average Bonchev–Trinajstić information content (AvgIpc) is 2.48. The normalized spacial score (nSPS) is 10.8. The molecule has 0 radical (unpaired) electrons. The minimum atomic E-state index is -0.237. The maximum atomic E-state index is 11.0. The fourth-order valence-corrected chi connectivity index (χ4v) is 1.29. The Kier molecular flexibility index (Phi) is 16.7. The lowest BCUT2D eigenvalue weighted by Gasteiger charge is -2.07. The zero-order valence-corrected chi connectivity index (χ0v) is 13.1. The molecule has 0 bridgehead atoms. The van der Waals surface area contributed by atoms with Crippen molar-refractivity contribution in [3.63, 3.8) is 0 Å². The molecule has 7 heteroatoms. The van der Waals surface area contributed by atoms with Gasteiger partial charge in [-0.3, -0.25) is 4.79 Å². The fourth-order valence-electron chi connectivity index (χ4n) is 1.29. The Hall–Kier alpha value is -0.730. The van der Waals surface area contributed by atoms with Crippen molar-refractivity contribution < 1.29 is 33.2 Å². The molecule has 0 spiro atoms. The van der Waals surface area contributed by atoms with Gasteiger partial charge in [-0.1, -0.05) is 0 Å². The second-order valence-corrected chi connectivity index (χ2v) is 4.00. The van der Waals surface area contributed by atoms with Crippen LogP contribution in [-0.2, 0) is 33.2 Å². The fraction of sp³-hybridized carbons (Fsp3) is 0.929. The Bertz CT molecular complexity index is 223. The predicted octanol–water partition coefficient (Wildman–Crippen LogP) is 0.652. The van der Waals surface area contributed by atoms with Gasteiger partial charge in [0.1, 0.15) is 0 Å². The van der Waals surface area contributed by atoms with E-state index in [1.807, 2.05) is 0 Å². The molecule has 0 unspecified atom stereocenters. The maximum absolute atomic E-state index is 11.0. The summed E-state index contributed by atoms with van der Waals surface area (Å²) in [6.45, 7) is 6.80. The average molecular weight is 308 g/mol. The molecule has 21 heavy (non-hydrogen) atoms. The van der Waals surface area contributed by atoms with E-state index < -0.39 is 0 Å². The van der Waals surface area contributed by atoms with Crippen LogP contribution < -0.4 is 0 Å². The van der Waals surface area contributed by atoms with Gasteiger partial charge in [0.05, 0.1) is 72.5 Å². The summed E-state index contributed by atoms with van der Waals surface area (Å²) >= 11 is 0. The lowest BCUT2D eigenvalue weighted by atomic mass is 10.5. The van der Waals surface area contributed by atoms with Crippen molar-refractivity contribution in [1.82, 2.24) is 0 Å². The molecule has 126 valence electrons. The largest absolute Gasteiger partial charge is 0.466 e. The van der Waals surface area contributed by atoms with Crippen molar-refractivity contribution in [1.29, 1.82) is 0 Å². The molecular formula is C14H28O7. The molecule has 0 aromatic carbocycles. The third kappa shape index (κ3) is 17.2. The van der Waals surface area contributed by atoms with E-state index in [9.17, 15) is 4.79 Å². The van der Waals surface area contributed by atoms with Gasteiger partial charge in [-0.2, -0.15) is 0 Å². The number of hydrogen-bond acceptors (Lipinski definition) is 7. The van der Waals surface area contributed by atoms with E-state index >= 15 is 0 Å². The molecule has 0 aliphatic heterocycles. The monoisotopic (exact) mass is 308 g/mol. The zero-order valence-electron chi connectivity index (χ0n) is 13.1. The quantitative estimate of drug-likeness (QED) is 0.306. The summed E-state index contributed by atoms with van der Waals surface area (Å²) in [5.41, 5.74) is 0. The molecule has 0 saturated carbocycles. The molecule has 0 N–H and O–H groups in total. The van der Waals surface area contributed by atoms with Gasteiger partial charge in [0.15, 0.2) is 0 Å². The third-order valence-corrected chi connectivity index (χ3v) is 2.30. The van der Waals surface area contributed by atoms with Crippen molar-refractivity contribution in [2.45, 2.75) is 13.3 Å². The minimum Gasteiger partial charge on any atom is -0.466 e. The number of esters is 1. The summed E-state index contributed by atoms with van der Waals surface area (Å²) in [6.07, 6.45) is 0.278. The smallest absolute Gasteiger partial charge is 0.308 e. The summed E-state index contributed by atoms with van der Waals surface area (Å²) in [5.74, 6) is -0.237. The number of rotatable bonds is 16. The molecule has 0 aliphatic carbocycles. The van der Waals surface area contributed by atoms with Gasteiger partial charge in [0.2, 0.25) is 0 Å². The molecule has 0 aromatic rings. The van der Waals surface area contributed by atoms with Crippen molar-refractivity contribution in [3.05, 3.63) is 0 Å². The second-order valence-electron chi connectivity index (χ2n) is 4.00. The predicted molar refractivity (Wildman–Crippen MR) is 76.4 cm³/mol. The van der Waals surface area contributed by atoms with E-state index in [-0.39, 0.29) is 12.4 Å². The van der Waals surface area contributed by atoms with Crippen molar-refractivity contribution >= 4 is 5.97 Å². The Morgan fingerprint density at radius 1 is 0.714 bits per heavy atom. The highest BCUT2D eigenvalue weighted by molar-refractivity contribution is 5.69. The van der Waals surface area contributed by atoms with Crippen LogP contribution in [0.25, 0.3) is 0 Å². The van der Waals surface area contributed by atoms with Crippen LogP contribution in [-0.4, -0.2) is 79.1 Å². The highest BCUT2D eigenvalue weighted by atomic mass is 16.6. The van der Waals surface area contributed by atoms with Crippen LogP contribution in [0.1, 0.15) is 13.3 Å². The molecule has 7 nitrogen and oxygen atoms in total. The molecule has 0 fully saturated rings. The number of carbonyl (C=O) groups is 1. The molecule has 0 heterocycles. The summed E-state index contributed by atoms with van der Waals surface area (Å²) in [4.78, 5) is 11.0. The van der Waals surface area contributed by atoms with Crippen LogP contribution in [0.4, 0.5) is 0 Å². The summed E-state index contributed by atoms with van der Waals surface area (Å²) < 4.78 is 30.7. The molecule has 0 rings (SSSR count). The Morgan fingerprint density at radius 3 is 1.57 bits per heavy atom. The van der Waals surface area contributed by atoms with E-state index in [2.05, 4.69) is 0 Å². The summed E-state index contributed by atoms with van der Waals surface area (Å²) in [5, 5.41) is 0. The van der Waals surface area contributed by atoms with E-state index in [1.54, 1.807) is 14.0 Å². The molecule has 0 aliphatic rings. The zero-order chi connectivity index (χ0) is 15.6. The van der Waals surface area contributed by atoms with Crippen molar-refractivity contribution in [2.75, 3.05) is 73.2 Å². The van der Waals surface area contributed by atoms with E-state index in [4.69, 9.17) is 28.4 Å². The third-order valence-electron chi connectivity index (χ3n) is 2.30. The number of methoxy groups -OCH3 is 1. The lowest BCUT2D eigenvalue weighted by molar-refractivity contribution is -0.144. The van der Waals surface area contributed by atoms with Crippen LogP contribution in [0.2, 0.25) is 0 Å². The van der Waals surface area contributed by atoms with Gasteiger partial charge >= 0.3 is 5.97 Å². The first-order valence-electron chi connectivity index (χ1n) is 7.26. The van der Waals surface area contributed by atoms with Gasteiger partial charge in [-0.15, -0.1) is 0 Å². The number of carbonyl (C=O) groups excluding carboxylic acids is 1.